The molecule has 0 radical (unpaired) electrons. The van der Waals surface area contributed by atoms with E-state index in [1.807, 2.05) is 19.4 Å². The molecule has 0 saturated carbocycles. The lowest BCUT2D eigenvalue weighted by atomic mass is 10.0. The quantitative estimate of drug-likeness (QED) is 0.829. The number of nitrogens with zero attached hydrogens (tertiary/aromatic N) is 3. The largest absolute Gasteiger partial charge is 0.338 e. The minimum Gasteiger partial charge on any atom is -0.338 e. The van der Waals surface area contributed by atoms with E-state index in [0.717, 1.165) is 19.5 Å². The minimum absolute atomic E-state index is 0.717. The predicted octanol–water partition coefficient (Wildman–Crippen LogP) is 1.04. The number of nitrogens with one attached hydrogen (secondary N) is 1. The van der Waals surface area contributed by atoms with E-state index in [1.54, 1.807) is 0 Å². The molecule has 0 aromatic carbocycles. The van der Waals surface area contributed by atoms with Crippen LogP contribution in [0.15, 0.2) is 12.4 Å². The molecule has 0 spiro atoms. The van der Waals surface area contributed by atoms with Gasteiger partial charge in [0.25, 0.3) is 0 Å². The van der Waals surface area contributed by atoms with Gasteiger partial charge in [-0.1, -0.05) is 6.42 Å². The van der Waals surface area contributed by atoms with E-state index in [1.165, 1.54) is 31.6 Å². The topological polar surface area (TPSA) is 33.1 Å². The molecule has 1 aromatic heterocycles. The lowest BCUT2D eigenvalue weighted by molar-refractivity contribution is 0.148. The van der Waals surface area contributed by atoms with Crippen LogP contribution in [0.3, 0.4) is 0 Å². The van der Waals surface area contributed by atoms with Crippen molar-refractivity contribution in [2.45, 2.75) is 31.7 Å². The number of rotatable bonds is 5. The molecule has 4 heteroatoms. The van der Waals surface area contributed by atoms with Crippen LogP contribution in [0.1, 0.15) is 25.1 Å². The molecule has 1 fully saturated rings. The highest BCUT2D eigenvalue weighted by atomic mass is 15.2. The molecule has 0 bridgehead atoms. The summed E-state index contributed by atoms with van der Waals surface area (Å²) in [4.78, 5) is 7.01. The highest BCUT2D eigenvalue weighted by Crippen LogP contribution is 2.16. The van der Waals surface area contributed by atoms with Crippen LogP contribution in [0.25, 0.3) is 0 Å². The number of hydrogen-bond donors (Lipinski definition) is 1. The Morgan fingerprint density at radius 1 is 1.47 bits per heavy atom. The maximum Gasteiger partial charge on any atom is 0.109 e. The molecule has 4 nitrogen and oxygen atoms in total. The zero-order valence-electron chi connectivity index (χ0n) is 11.0. The molecule has 0 amide bonds. The lowest BCUT2D eigenvalue weighted by Gasteiger charge is -2.35. The molecule has 1 unspecified atom stereocenters. The number of hydrogen-bond acceptors (Lipinski definition) is 3. The summed E-state index contributed by atoms with van der Waals surface area (Å²) in [6, 6.07) is 0.717. The van der Waals surface area contributed by atoms with Crippen molar-refractivity contribution < 1.29 is 0 Å². The maximum absolute atomic E-state index is 4.39. The Bertz CT molecular complexity index is 332. The molecular weight excluding hydrogens is 212 g/mol. The molecular formula is C13H24N4. The SMILES string of the molecule is CNCC1CCCCN1CCc1nccn1C. The fraction of sp³-hybridized carbons (Fsp3) is 0.769. The first-order valence-electron chi connectivity index (χ1n) is 6.66. The van der Waals surface area contributed by atoms with Crippen LogP contribution in [0, 0.1) is 0 Å². The summed E-state index contributed by atoms with van der Waals surface area (Å²) >= 11 is 0. The number of piperidine rings is 1. The minimum atomic E-state index is 0.717. The average molecular weight is 236 g/mol. The van der Waals surface area contributed by atoms with Gasteiger partial charge in [0.05, 0.1) is 0 Å². The summed E-state index contributed by atoms with van der Waals surface area (Å²) in [7, 11) is 4.12. The number of likely N-dealkylation sites (tertiary alicyclic amines) is 1. The third-order valence-electron chi connectivity index (χ3n) is 3.73. The Balaban J connectivity index is 1.86. The summed E-state index contributed by atoms with van der Waals surface area (Å²) < 4.78 is 2.12. The first-order valence-corrected chi connectivity index (χ1v) is 6.66. The van der Waals surface area contributed by atoms with Gasteiger partial charge in [0, 0.05) is 45.0 Å². The maximum atomic E-state index is 4.39. The van der Waals surface area contributed by atoms with Gasteiger partial charge in [-0.25, -0.2) is 4.98 Å². The highest BCUT2D eigenvalue weighted by molar-refractivity contribution is 4.92. The summed E-state index contributed by atoms with van der Waals surface area (Å²) in [5, 5.41) is 3.31. The van der Waals surface area contributed by atoms with Crippen molar-refractivity contribution in [2.24, 2.45) is 7.05 Å². The molecule has 1 N–H and O–H groups in total. The normalized spacial score (nSPS) is 21.9. The second kappa shape index (κ2) is 6.17. The van der Waals surface area contributed by atoms with Gasteiger partial charge in [-0.2, -0.15) is 0 Å². The molecule has 1 aliphatic rings. The summed E-state index contributed by atoms with van der Waals surface area (Å²) in [6.07, 6.45) is 9.03. The van der Waals surface area contributed by atoms with Crippen LogP contribution in [-0.2, 0) is 13.5 Å². The lowest BCUT2D eigenvalue weighted by Crippen LogP contribution is -2.45. The number of aromatic nitrogens is 2. The first kappa shape index (κ1) is 12.6. The van der Waals surface area contributed by atoms with E-state index < -0.39 is 0 Å². The van der Waals surface area contributed by atoms with Gasteiger partial charge >= 0.3 is 0 Å². The smallest absolute Gasteiger partial charge is 0.109 e. The van der Waals surface area contributed by atoms with Crippen LogP contribution < -0.4 is 5.32 Å². The van der Waals surface area contributed by atoms with E-state index in [2.05, 4.69) is 26.8 Å². The van der Waals surface area contributed by atoms with Crippen molar-refractivity contribution in [1.82, 2.24) is 19.8 Å². The molecule has 1 atom stereocenters. The van der Waals surface area contributed by atoms with Gasteiger partial charge in [-0.15, -0.1) is 0 Å². The summed E-state index contributed by atoms with van der Waals surface area (Å²) in [6.45, 7) is 3.49. The predicted molar refractivity (Wildman–Crippen MR) is 70.1 cm³/mol. The Kier molecular flexibility index (Phi) is 4.57. The standard InChI is InChI=1S/C13H24N4/c1-14-11-12-5-3-4-8-17(12)9-6-13-15-7-10-16(13)2/h7,10,12,14H,3-6,8-9,11H2,1-2H3. The van der Waals surface area contributed by atoms with Gasteiger partial charge in [-0.05, 0) is 26.4 Å². The number of imidazole rings is 1. The van der Waals surface area contributed by atoms with Crippen molar-refractivity contribution in [3.8, 4) is 0 Å². The average Bonchev–Trinajstić information content (AvgIpc) is 2.74. The van der Waals surface area contributed by atoms with Gasteiger partial charge < -0.3 is 9.88 Å². The second-order valence-corrected chi connectivity index (χ2v) is 4.95. The Morgan fingerprint density at radius 2 is 2.35 bits per heavy atom. The zero-order chi connectivity index (χ0) is 12.1. The van der Waals surface area contributed by atoms with Gasteiger partial charge in [0.15, 0.2) is 0 Å². The third-order valence-corrected chi connectivity index (χ3v) is 3.73. The molecule has 2 rings (SSSR count). The molecule has 1 aromatic rings. The Labute approximate surface area is 104 Å². The van der Waals surface area contributed by atoms with E-state index in [0.29, 0.717) is 6.04 Å². The molecule has 1 saturated heterocycles. The van der Waals surface area contributed by atoms with Crippen LogP contribution in [-0.4, -0.2) is 47.2 Å². The van der Waals surface area contributed by atoms with E-state index in [4.69, 9.17) is 0 Å². The first-order chi connectivity index (χ1) is 8.31. The van der Waals surface area contributed by atoms with Crippen LogP contribution in [0.2, 0.25) is 0 Å². The van der Waals surface area contributed by atoms with Crippen LogP contribution in [0.5, 0.6) is 0 Å². The molecule has 2 heterocycles. The van der Waals surface area contributed by atoms with Gasteiger partial charge in [0.1, 0.15) is 5.82 Å². The number of likely N-dealkylation sites (N-methyl/N-ethyl adjacent to an activating group) is 1. The van der Waals surface area contributed by atoms with E-state index in [9.17, 15) is 0 Å². The van der Waals surface area contributed by atoms with Gasteiger partial charge in [-0.3, -0.25) is 4.90 Å². The van der Waals surface area contributed by atoms with Crippen LogP contribution >= 0.6 is 0 Å². The molecule has 1 aliphatic heterocycles. The number of aryl methyl sites for hydroxylation is 1. The summed E-state index contributed by atoms with van der Waals surface area (Å²) in [5.74, 6) is 1.19. The van der Waals surface area contributed by atoms with Gasteiger partial charge in [0.2, 0.25) is 0 Å². The van der Waals surface area contributed by atoms with Crippen molar-refractivity contribution >= 4 is 0 Å². The monoisotopic (exact) mass is 236 g/mol. The molecule has 0 aliphatic carbocycles. The summed E-state index contributed by atoms with van der Waals surface area (Å²) in [5.41, 5.74) is 0. The molecule has 96 valence electrons. The fourth-order valence-electron chi connectivity index (χ4n) is 2.70. The van der Waals surface area contributed by atoms with Crippen molar-refractivity contribution in [1.29, 1.82) is 0 Å². The fourth-order valence-corrected chi connectivity index (χ4v) is 2.70. The van der Waals surface area contributed by atoms with Crippen LogP contribution in [0.4, 0.5) is 0 Å². The Hall–Kier alpha value is -0.870. The van der Waals surface area contributed by atoms with Crippen molar-refractivity contribution in [2.75, 3.05) is 26.7 Å². The highest BCUT2D eigenvalue weighted by Gasteiger charge is 2.21. The second-order valence-electron chi connectivity index (χ2n) is 4.95. The van der Waals surface area contributed by atoms with Crippen molar-refractivity contribution in [3.63, 3.8) is 0 Å². The van der Waals surface area contributed by atoms with Crippen molar-refractivity contribution in [3.05, 3.63) is 18.2 Å². The van der Waals surface area contributed by atoms with E-state index in [-0.39, 0.29) is 0 Å². The molecule has 17 heavy (non-hydrogen) atoms. The van der Waals surface area contributed by atoms with E-state index >= 15 is 0 Å². The third kappa shape index (κ3) is 3.30. The zero-order valence-corrected chi connectivity index (χ0v) is 11.0. The Morgan fingerprint density at radius 3 is 3.06 bits per heavy atom.